The fourth-order valence-electron chi connectivity index (χ4n) is 2.62. The second kappa shape index (κ2) is 5.19. The number of sulfone groups is 1. The Morgan fingerprint density at radius 2 is 2.00 bits per heavy atom. The van der Waals surface area contributed by atoms with E-state index in [9.17, 15) is 8.42 Å². The van der Waals surface area contributed by atoms with Crippen molar-refractivity contribution in [2.24, 2.45) is 5.92 Å². The molecule has 2 aliphatic rings. The molecule has 1 fully saturated rings. The second-order valence-electron chi connectivity index (χ2n) is 4.91. The molecule has 1 heterocycles. The zero-order valence-corrected chi connectivity index (χ0v) is 10.6. The van der Waals surface area contributed by atoms with Crippen LogP contribution in [0.2, 0.25) is 0 Å². The summed E-state index contributed by atoms with van der Waals surface area (Å²) in [7, 11) is -3.01. The summed E-state index contributed by atoms with van der Waals surface area (Å²) in [6.45, 7) is 0. The molecule has 1 saturated carbocycles. The Bertz CT molecular complexity index is 436. The molecule has 0 aromatic heterocycles. The van der Waals surface area contributed by atoms with Gasteiger partial charge in [-0.1, -0.05) is 25.3 Å². The smallest absolute Gasteiger partial charge is 0.173 e. The van der Waals surface area contributed by atoms with E-state index >= 15 is 0 Å². The zero-order chi connectivity index (χ0) is 12.3. The van der Waals surface area contributed by atoms with Crippen molar-refractivity contribution in [2.75, 3.05) is 5.75 Å². The fourth-order valence-corrected chi connectivity index (χ4v) is 3.86. The van der Waals surface area contributed by atoms with E-state index in [1.165, 1.54) is 11.8 Å². The third kappa shape index (κ3) is 3.30. The molecule has 1 aliphatic carbocycles. The van der Waals surface area contributed by atoms with Gasteiger partial charge in [-0.3, -0.25) is 0 Å². The Morgan fingerprint density at radius 1 is 1.24 bits per heavy atom. The van der Waals surface area contributed by atoms with Crippen LogP contribution in [0.4, 0.5) is 0 Å². The van der Waals surface area contributed by atoms with Crippen LogP contribution in [0, 0.1) is 17.2 Å². The molecule has 0 aromatic carbocycles. The Kier molecular flexibility index (Phi) is 3.85. The monoisotopic (exact) mass is 254 g/mol. The molecule has 0 spiro atoms. The van der Waals surface area contributed by atoms with E-state index in [1.54, 1.807) is 6.08 Å². The first-order valence-corrected chi connectivity index (χ1v) is 7.89. The first-order chi connectivity index (χ1) is 8.11. The summed E-state index contributed by atoms with van der Waals surface area (Å²) in [5.74, 6) is 0.163. The number of hydrogen-bond donors (Lipinski definition) is 1. The molecular formula is C12H18N2O2S. The minimum Gasteiger partial charge on any atom is -0.305 e. The van der Waals surface area contributed by atoms with Gasteiger partial charge in [-0.2, -0.15) is 5.26 Å². The van der Waals surface area contributed by atoms with Gasteiger partial charge in [0.2, 0.25) is 0 Å². The van der Waals surface area contributed by atoms with Crippen LogP contribution in [0.25, 0.3) is 0 Å². The van der Waals surface area contributed by atoms with Crippen LogP contribution in [-0.4, -0.2) is 26.3 Å². The first kappa shape index (κ1) is 12.6. The molecule has 94 valence electrons. The van der Waals surface area contributed by atoms with Gasteiger partial charge in [-0.25, -0.2) is 8.42 Å². The normalized spacial score (nSPS) is 36.3. The molecule has 1 aliphatic heterocycles. The standard InChI is InChI=1S/C12H18N2O2S/c13-8-10-4-2-1-3-5-12(10)14-11-6-7-17(15,16)9-11/h6-7,10-12,14H,1-5,9H2. The van der Waals surface area contributed by atoms with Gasteiger partial charge in [0.25, 0.3) is 0 Å². The zero-order valence-electron chi connectivity index (χ0n) is 9.80. The largest absolute Gasteiger partial charge is 0.305 e. The van der Waals surface area contributed by atoms with E-state index in [0.717, 1.165) is 25.7 Å². The van der Waals surface area contributed by atoms with E-state index in [0.29, 0.717) is 0 Å². The summed E-state index contributed by atoms with van der Waals surface area (Å²) in [4.78, 5) is 0. The van der Waals surface area contributed by atoms with Crippen molar-refractivity contribution < 1.29 is 8.42 Å². The lowest BCUT2D eigenvalue weighted by Gasteiger charge is -2.23. The van der Waals surface area contributed by atoms with Gasteiger partial charge < -0.3 is 5.32 Å². The van der Waals surface area contributed by atoms with Crippen molar-refractivity contribution >= 4 is 9.84 Å². The molecule has 0 amide bonds. The Labute approximate surface area is 103 Å². The van der Waals surface area contributed by atoms with Crippen LogP contribution in [0.1, 0.15) is 32.1 Å². The van der Waals surface area contributed by atoms with Gasteiger partial charge in [0.05, 0.1) is 17.7 Å². The molecule has 17 heavy (non-hydrogen) atoms. The van der Waals surface area contributed by atoms with E-state index < -0.39 is 9.84 Å². The molecule has 4 nitrogen and oxygen atoms in total. The fraction of sp³-hybridized carbons (Fsp3) is 0.750. The van der Waals surface area contributed by atoms with E-state index in [-0.39, 0.29) is 23.8 Å². The average molecular weight is 254 g/mol. The second-order valence-corrected chi connectivity index (χ2v) is 6.84. The molecule has 0 saturated heterocycles. The van der Waals surface area contributed by atoms with Crippen molar-refractivity contribution in [3.63, 3.8) is 0 Å². The minimum atomic E-state index is -3.01. The van der Waals surface area contributed by atoms with Crippen LogP contribution in [0.15, 0.2) is 11.5 Å². The molecule has 3 unspecified atom stereocenters. The highest BCUT2D eigenvalue weighted by Crippen LogP contribution is 2.24. The van der Waals surface area contributed by atoms with Gasteiger partial charge in [0, 0.05) is 17.5 Å². The van der Waals surface area contributed by atoms with Crippen LogP contribution in [-0.2, 0) is 9.84 Å². The quantitative estimate of drug-likeness (QED) is 0.755. The van der Waals surface area contributed by atoms with Crippen LogP contribution >= 0.6 is 0 Å². The lowest BCUT2D eigenvalue weighted by Crippen LogP contribution is -2.42. The molecule has 0 bridgehead atoms. The number of nitrogens with zero attached hydrogens (tertiary/aromatic N) is 1. The summed E-state index contributed by atoms with van der Waals surface area (Å²) in [6, 6.07) is 2.38. The predicted octanol–water partition coefficient (Wildman–Crippen LogP) is 1.36. The predicted molar refractivity (Wildman–Crippen MR) is 65.8 cm³/mol. The molecule has 2 rings (SSSR count). The number of rotatable bonds is 2. The van der Waals surface area contributed by atoms with Crippen molar-refractivity contribution in [2.45, 2.75) is 44.2 Å². The third-order valence-electron chi connectivity index (χ3n) is 3.54. The highest BCUT2D eigenvalue weighted by molar-refractivity contribution is 7.94. The average Bonchev–Trinajstić information content (AvgIpc) is 2.50. The molecule has 3 atom stereocenters. The topological polar surface area (TPSA) is 70.0 Å². The van der Waals surface area contributed by atoms with Gasteiger partial charge in [-0.15, -0.1) is 0 Å². The summed E-state index contributed by atoms with van der Waals surface area (Å²) in [5.41, 5.74) is 0. The maximum Gasteiger partial charge on any atom is 0.173 e. The highest BCUT2D eigenvalue weighted by atomic mass is 32.2. The summed E-state index contributed by atoms with van der Waals surface area (Å²) < 4.78 is 22.6. The Balaban J connectivity index is 1.97. The summed E-state index contributed by atoms with van der Waals surface area (Å²) in [6.07, 6.45) is 7.01. The van der Waals surface area contributed by atoms with Crippen molar-refractivity contribution in [1.82, 2.24) is 5.32 Å². The Hall–Kier alpha value is -0.860. The maximum atomic E-state index is 11.3. The maximum absolute atomic E-state index is 11.3. The lowest BCUT2D eigenvalue weighted by atomic mass is 9.95. The minimum absolute atomic E-state index is 0.0224. The summed E-state index contributed by atoms with van der Waals surface area (Å²) in [5, 5.41) is 13.7. The lowest BCUT2D eigenvalue weighted by molar-refractivity contribution is 0.381. The Morgan fingerprint density at radius 3 is 2.65 bits per heavy atom. The van der Waals surface area contributed by atoms with E-state index in [4.69, 9.17) is 5.26 Å². The van der Waals surface area contributed by atoms with Crippen molar-refractivity contribution in [1.29, 1.82) is 5.26 Å². The van der Waals surface area contributed by atoms with Crippen molar-refractivity contribution in [3.05, 3.63) is 11.5 Å². The molecular weight excluding hydrogens is 236 g/mol. The van der Waals surface area contributed by atoms with Crippen LogP contribution < -0.4 is 5.32 Å². The summed E-state index contributed by atoms with van der Waals surface area (Å²) >= 11 is 0. The number of nitrogens with one attached hydrogen (secondary N) is 1. The van der Waals surface area contributed by atoms with Crippen LogP contribution in [0.5, 0.6) is 0 Å². The van der Waals surface area contributed by atoms with Gasteiger partial charge >= 0.3 is 0 Å². The first-order valence-electron chi connectivity index (χ1n) is 6.17. The number of nitriles is 1. The van der Waals surface area contributed by atoms with Gasteiger partial charge in [0.15, 0.2) is 9.84 Å². The van der Waals surface area contributed by atoms with Crippen LogP contribution in [0.3, 0.4) is 0 Å². The van der Waals surface area contributed by atoms with Gasteiger partial charge in [0.1, 0.15) is 0 Å². The third-order valence-corrected chi connectivity index (χ3v) is 4.94. The number of hydrogen-bond acceptors (Lipinski definition) is 4. The SMILES string of the molecule is N#CC1CCCCCC1NC1C=CS(=O)(=O)C1. The molecule has 0 radical (unpaired) electrons. The molecule has 5 heteroatoms. The van der Waals surface area contributed by atoms with E-state index in [1.807, 2.05) is 0 Å². The van der Waals surface area contributed by atoms with Crippen molar-refractivity contribution in [3.8, 4) is 6.07 Å². The van der Waals surface area contributed by atoms with E-state index in [2.05, 4.69) is 11.4 Å². The molecule has 0 aromatic rings. The van der Waals surface area contributed by atoms with Gasteiger partial charge in [-0.05, 0) is 12.8 Å². The molecule has 1 N–H and O–H groups in total. The highest BCUT2D eigenvalue weighted by Gasteiger charge is 2.28.